The summed E-state index contributed by atoms with van der Waals surface area (Å²) in [5.41, 5.74) is -0.610. The number of aromatic nitrogens is 2. The van der Waals surface area contributed by atoms with Crippen LogP contribution in [0.2, 0.25) is 0 Å². The Morgan fingerprint density at radius 1 is 1.19 bits per heavy atom. The molecule has 1 aromatic heterocycles. The molecule has 0 N–H and O–H groups in total. The minimum absolute atomic E-state index is 0.175. The number of hydrogen-bond donors (Lipinski definition) is 0. The van der Waals surface area contributed by atoms with Crippen molar-refractivity contribution in [3.05, 3.63) is 58.3 Å². The van der Waals surface area contributed by atoms with Gasteiger partial charge in [0.2, 0.25) is 5.43 Å². The Morgan fingerprint density at radius 2 is 2.00 bits per heavy atom. The van der Waals surface area contributed by atoms with Gasteiger partial charge in [-0.1, -0.05) is 6.07 Å². The first-order valence-corrected chi connectivity index (χ1v) is 8.93. The summed E-state index contributed by atoms with van der Waals surface area (Å²) in [6, 6.07) is 7.08. The molecule has 7 nitrogen and oxygen atoms in total. The third kappa shape index (κ3) is 3.63. The Bertz CT molecular complexity index is 902. The topological polar surface area (TPSA) is 73.7 Å². The van der Waals surface area contributed by atoms with E-state index in [4.69, 9.17) is 9.47 Å². The van der Waals surface area contributed by atoms with E-state index in [-0.39, 0.29) is 5.69 Å². The fourth-order valence-electron chi connectivity index (χ4n) is 3.53. The maximum absolute atomic E-state index is 13.5. The Hall–Kier alpha value is -2.58. The van der Waals surface area contributed by atoms with Crippen LogP contribution in [0, 0.1) is 5.82 Å². The quantitative estimate of drug-likeness (QED) is 0.796. The van der Waals surface area contributed by atoms with Gasteiger partial charge in [0, 0.05) is 44.9 Å². The van der Waals surface area contributed by atoms with E-state index in [9.17, 15) is 14.0 Å². The van der Waals surface area contributed by atoms with Gasteiger partial charge >= 0.3 is 0 Å². The minimum atomic E-state index is -0.458. The molecule has 0 radical (unpaired) electrons. The standard InChI is InChI=1S/C19H20FN3O4/c20-14-2-1-3-15(12-14)23-7-4-16(24)17(21-23)18(25)22-8-11-27-19(13-22)5-9-26-10-6-19/h1-4,7,12H,5-6,8-11,13H2. The van der Waals surface area contributed by atoms with Crippen LogP contribution in [0.15, 0.2) is 41.3 Å². The normalized spacial score (nSPS) is 19.2. The zero-order valence-electron chi connectivity index (χ0n) is 14.8. The van der Waals surface area contributed by atoms with E-state index in [1.54, 1.807) is 17.0 Å². The van der Waals surface area contributed by atoms with Crippen LogP contribution in [0.3, 0.4) is 0 Å². The first-order chi connectivity index (χ1) is 13.1. The Labute approximate surface area is 155 Å². The van der Waals surface area contributed by atoms with Crippen LogP contribution in [-0.2, 0) is 9.47 Å². The molecule has 1 amide bonds. The van der Waals surface area contributed by atoms with Crippen molar-refractivity contribution in [2.75, 3.05) is 32.9 Å². The number of carbonyl (C=O) groups excluding carboxylic acids is 1. The van der Waals surface area contributed by atoms with Gasteiger partial charge in [-0.05, 0) is 18.2 Å². The van der Waals surface area contributed by atoms with Crippen molar-refractivity contribution in [2.45, 2.75) is 18.4 Å². The lowest BCUT2D eigenvalue weighted by atomic mass is 9.92. The largest absolute Gasteiger partial charge is 0.381 e. The number of halogens is 1. The lowest BCUT2D eigenvalue weighted by Gasteiger charge is -2.44. The molecule has 4 rings (SSSR count). The monoisotopic (exact) mass is 373 g/mol. The van der Waals surface area contributed by atoms with Crippen LogP contribution in [0.1, 0.15) is 23.3 Å². The van der Waals surface area contributed by atoms with Crippen molar-refractivity contribution in [1.82, 2.24) is 14.7 Å². The van der Waals surface area contributed by atoms with Crippen LogP contribution < -0.4 is 5.43 Å². The molecule has 1 spiro atoms. The van der Waals surface area contributed by atoms with Crippen molar-refractivity contribution in [3.8, 4) is 5.69 Å². The number of ether oxygens (including phenoxy) is 2. The molecule has 0 unspecified atom stereocenters. The fraction of sp³-hybridized carbons (Fsp3) is 0.421. The molecule has 0 aliphatic carbocycles. The highest BCUT2D eigenvalue weighted by molar-refractivity contribution is 5.92. The summed E-state index contributed by atoms with van der Waals surface area (Å²) in [7, 11) is 0. The van der Waals surface area contributed by atoms with Crippen LogP contribution in [0.4, 0.5) is 4.39 Å². The van der Waals surface area contributed by atoms with Gasteiger partial charge in [0.15, 0.2) is 5.69 Å². The van der Waals surface area contributed by atoms with Crippen molar-refractivity contribution in [2.24, 2.45) is 0 Å². The molecule has 0 atom stereocenters. The Morgan fingerprint density at radius 3 is 2.78 bits per heavy atom. The first kappa shape index (κ1) is 17.8. The third-order valence-corrected chi connectivity index (χ3v) is 5.02. The number of rotatable bonds is 2. The molecule has 2 aliphatic rings. The van der Waals surface area contributed by atoms with Gasteiger partial charge in [0.05, 0.1) is 24.4 Å². The summed E-state index contributed by atoms with van der Waals surface area (Å²) in [6.45, 7) is 2.41. The van der Waals surface area contributed by atoms with Crippen LogP contribution in [0.5, 0.6) is 0 Å². The summed E-state index contributed by atoms with van der Waals surface area (Å²) >= 11 is 0. The molecule has 1 aromatic carbocycles. The summed E-state index contributed by atoms with van der Waals surface area (Å²) in [5.74, 6) is -0.851. The first-order valence-electron chi connectivity index (χ1n) is 8.93. The maximum Gasteiger partial charge on any atom is 0.278 e. The minimum Gasteiger partial charge on any atom is -0.381 e. The number of benzene rings is 1. The average Bonchev–Trinajstić information content (AvgIpc) is 2.68. The second kappa shape index (κ2) is 7.21. The molecule has 142 valence electrons. The molecule has 2 fully saturated rings. The van der Waals surface area contributed by atoms with Crippen molar-refractivity contribution in [3.63, 3.8) is 0 Å². The number of morpholine rings is 1. The predicted octanol–water partition coefficient (Wildman–Crippen LogP) is 1.39. The van der Waals surface area contributed by atoms with Gasteiger partial charge < -0.3 is 14.4 Å². The lowest BCUT2D eigenvalue weighted by molar-refractivity contribution is -0.146. The second-order valence-corrected chi connectivity index (χ2v) is 6.82. The number of carbonyl (C=O) groups is 1. The fourth-order valence-corrected chi connectivity index (χ4v) is 3.53. The zero-order chi connectivity index (χ0) is 18.9. The summed E-state index contributed by atoms with van der Waals surface area (Å²) < 4.78 is 26.1. The molecule has 3 heterocycles. The molecular weight excluding hydrogens is 353 g/mol. The van der Waals surface area contributed by atoms with Gasteiger partial charge in [-0.2, -0.15) is 5.10 Å². The summed E-state index contributed by atoms with van der Waals surface area (Å²) in [5, 5.41) is 4.17. The van der Waals surface area contributed by atoms with Crippen LogP contribution in [-0.4, -0.2) is 59.1 Å². The van der Waals surface area contributed by atoms with Gasteiger partial charge in [-0.3, -0.25) is 9.59 Å². The van der Waals surface area contributed by atoms with Crippen molar-refractivity contribution < 1.29 is 18.7 Å². The zero-order valence-corrected chi connectivity index (χ0v) is 14.8. The SMILES string of the molecule is O=C(c1nn(-c2cccc(F)c2)ccc1=O)N1CCOC2(CCOCC2)C1. The smallest absolute Gasteiger partial charge is 0.278 e. The average molecular weight is 373 g/mol. The third-order valence-electron chi connectivity index (χ3n) is 5.02. The number of amides is 1. The molecule has 2 aromatic rings. The van der Waals surface area contributed by atoms with E-state index in [0.29, 0.717) is 51.4 Å². The molecule has 0 bridgehead atoms. The molecule has 2 aliphatic heterocycles. The molecular formula is C19H20FN3O4. The van der Waals surface area contributed by atoms with Crippen LogP contribution in [0.25, 0.3) is 5.69 Å². The van der Waals surface area contributed by atoms with Crippen LogP contribution >= 0.6 is 0 Å². The van der Waals surface area contributed by atoms with Crippen molar-refractivity contribution in [1.29, 1.82) is 0 Å². The van der Waals surface area contributed by atoms with E-state index in [0.717, 1.165) is 0 Å². The number of nitrogens with zero attached hydrogens (tertiary/aromatic N) is 3. The van der Waals surface area contributed by atoms with Gasteiger partial charge in [0.25, 0.3) is 5.91 Å². The van der Waals surface area contributed by atoms with Gasteiger partial charge in [0.1, 0.15) is 5.82 Å². The number of hydrogen-bond acceptors (Lipinski definition) is 5. The van der Waals surface area contributed by atoms with E-state index in [1.807, 2.05) is 0 Å². The van der Waals surface area contributed by atoms with Gasteiger partial charge in [-0.15, -0.1) is 0 Å². The molecule has 2 saturated heterocycles. The molecule has 8 heteroatoms. The predicted molar refractivity (Wildman–Crippen MR) is 94.4 cm³/mol. The highest BCUT2D eigenvalue weighted by Crippen LogP contribution is 2.29. The highest BCUT2D eigenvalue weighted by Gasteiger charge is 2.40. The van der Waals surface area contributed by atoms with Gasteiger partial charge in [-0.25, -0.2) is 9.07 Å². The molecule has 0 saturated carbocycles. The summed E-state index contributed by atoms with van der Waals surface area (Å²) in [4.78, 5) is 26.9. The van der Waals surface area contributed by atoms with E-state index in [2.05, 4.69) is 5.10 Å². The van der Waals surface area contributed by atoms with Crippen molar-refractivity contribution >= 4 is 5.91 Å². The second-order valence-electron chi connectivity index (χ2n) is 6.82. The van der Waals surface area contributed by atoms with E-state index >= 15 is 0 Å². The lowest BCUT2D eigenvalue weighted by Crippen LogP contribution is -2.56. The maximum atomic E-state index is 13.5. The Balaban J connectivity index is 1.61. The highest BCUT2D eigenvalue weighted by atomic mass is 19.1. The van der Waals surface area contributed by atoms with E-state index < -0.39 is 22.8 Å². The van der Waals surface area contributed by atoms with E-state index in [1.165, 1.54) is 29.1 Å². The molecule has 27 heavy (non-hydrogen) atoms. The Kier molecular flexibility index (Phi) is 4.75. The summed E-state index contributed by atoms with van der Waals surface area (Å²) in [6.07, 6.45) is 2.85.